The third-order valence-electron chi connectivity index (χ3n) is 5.87. The SMILES string of the molecule is Cc1nc2ccc(-c3nc(Nc4ccc(N5CCNCC5)cn4)ncc3F)cc2n1C(C)C. The van der Waals surface area contributed by atoms with Crippen molar-refractivity contribution in [1.82, 2.24) is 29.8 Å². The molecule has 1 aliphatic rings. The summed E-state index contributed by atoms with van der Waals surface area (Å²) >= 11 is 0. The van der Waals surface area contributed by atoms with Crippen molar-refractivity contribution in [3.05, 3.63) is 54.4 Å². The van der Waals surface area contributed by atoms with Crippen LogP contribution >= 0.6 is 0 Å². The zero-order valence-corrected chi connectivity index (χ0v) is 19.0. The zero-order valence-electron chi connectivity index (χ0n) is 19.0. The van der Waals surface area contributed by atoms with Gasteiger partial charge in [0.1, 0.15) is 17.3 Å². The van der Waals surface area contributed by atoms with Crippen LogP contribution in [-0.2, 0) is 0 Å². The third-order valence-corrected chi connectivity index (χ3v) is 5.87. The van der Waals surface area contributed by atoms with Crippen LogP contribution in [0.5, 0.6) is 0 Å². The number of imidazole rings is 1. The molecular weight excluding hydrogens is 419 g/mol. The van der Waals surface area contributed by atoms with Crippen LogP contribution in [0.2, 0.25) is 0 Å². The molecule has 3 aromatic heterocycles. The maximum absolute atomic E-state index is 14.7. The second kappa shape index (κ2) is 8.74. The van der Waals surface area contributed by atoms with Crippen molar-refractivity contribution in [2.24, 2.45) is 0 Å². The zero-order chi connectivity index (χ0) is 22.9. The van der Waals surface area contributed by atoms with E-state index < -0.39 is 5.82 Å². The summed E-state index contributed by atoms with van der Waals surface area (Å²) < 4.78 is 16.9. The minimum Gasteiger partial charge on any atom is -0.368 e. The Bertz CT molecular complexity index is 1280. The quantitative estimate of drug-likeness (QED) is 0.478. The van der Waals surface area contributed by atoms with Crippen molar-refractivity contribution in [2.45, 2.75) is 26.8 Å². The van der Waals surface area contributed by atoms with Crippen molar-refractivity contribution < 1.29 is 4.39 Å². The fraction of sp³-hybridized carbons (Fsp3) is 0.333. The molecule has 0 saturated carbocycles. The van der Waals surface area contributed by atoms with E-state index in [0.717, 1.165) is 48.7 Å². The molecule has 0 spiro atoms. The van der Waals surface area contributed by atoms with Gasteiger partial charge in [0.25, 0.3) is 0 Å². The van der Waals surface area contributed by atoms with E-state index in [4.69, 9.17) is 0 Å². The predicted molar refractivity (Wildman–Crippen MR) is 128 cm³/mol. The predicted octanol–water partition coefficient (Wildman–Crippen LogP) is 4.07. The van der Waals surface area contributed by atoms with Gasteiger partial charge in [-0.05, 0) is 45.0 Å². The Balaban J connectivity index is 1.42. The molecule has 9 heteroatoms. The Kier molecular flexibility index (Phi) is 5.63. The van der Waals surface area contributed by atoms with Gasteiger partial charge in [0, 0.05) is 37.8 Å². The van der Waals surface area contributed by atoms with Crippen LogP contribution in [0.15, 0.2) is 42.7 Å². The number of fused-ring (bicyclic) bond motifs is 1. The molecule has 8 nitrogen and oxygen atoms in total. The van der Waals surface area contributed by atoms with Gasteiger partial charge in [-0.2, -0.15) is 0 Å². The molecule has 1 aliphatic heterocycles. The number of rotatable bonds is 5. The topological polar surface area (TPSA) is 83.8 Å². The van der Waals surface area contributed by atoms with E-state index in [1.54, 1.807) is 0 Å². The highest BCUT2D eigenvalue weighted by atomic mass is 19.1. The number of nitrogens with one attached hydrogen (secondary N) is 2. The second-order valence-electron chi connectivity index (χ2n) is 8.48. The Labute approximate surface area is 191 Å². The highest BCUT2D eigenvalue weighted by molar-refractivity contribution is 5.82. The molecule has 0 aliphatic carbocycles. The molecule has 0 amide bonds. The van der Waals surface area contributed by atoms with Crippen molar-refractivity contribution in [1.29, 1.82) is 0 Å². The number of anilines is 3. The molecule has 170 valence electrons. The fourth-order valence-electron chi connectivity index (χ4n) is 4.33. The molecule has 5 rings (SSSR count). The number of aryl methyl sites for hydroxylation is 1. The maximum atomic E-state index is 14.7. The van der Waals surface area contributed by atoms with Crippen LogP contribution in [0.4, 0.5) is 21.8 Å². The van der Waals surface area contributed by atoms with E-state index in [-0.39, 0.29) is 11.7 Å². The summed E-state index contributed by atoms with van der Waals surface area (Å²) in [7, 11) is 0. The molecule has 1 saturated heterocycles. The van der Waals surface area contributed by atoms with Crippen LogP contribution in [0, 0.1) is 12.7 Å². The van der Waals surface area contributed by atoms with Gasteiger partial charge in [-0.25, -0.2) is 24.3 Å². The monoisotopic (exact) mass is 446 g/mol. The average Bonchev–Trinajstić information content (AvgIpc) is 3.16. The average molecular weight is 447 g/mol. The van der Waals surface area contributed by atoms with Crippen LogP contribution in [-0.4, -0.2) is 50.7 Å². The minimum absolute atomic E-state index is 0.237. The lowest BCUT2D eigenvalue weighted by Crippen LogP contribution is -2.43. The summed E-state index contributed by atoms with van der Waals surface area (Å²) in [6.45, 7) is 10.0. The summed E-state index contributed by atoms with van der Waals surface area (Å²) in [5.74, 6) is 1.35. The highest BCUT2D eigenvalue weighted by Gasteiger charge is 2.15. The molecule has 1 fully saturated rings. The van der Waals surface area contributed by atoms with Crippen LogP contribution in [0.25, 0.3) is 22.3 Å². The molecule has 0 unspecified atom stereocenters. The number of aromatic nitrogens is 5. The molecule has 2 N–H and O–H groups in total. The summed E-state index contributed by atoms with van der Waals surface area (Å²) in [5, 5.41) is 6.44. The molecular formula is C24H27FN8. The van der Waals surface area contributed by atoms with E-state index >= 15 is 0 Å². The van der Waals surface area contributed by atoms with Gasteiger partial charge in [-0.3, -0.25) is 0 Å². The fourth-order valence-corrected chi connectivity index (χ4v) is 4.33. The molecule has 0 bridgehead atoms. The first-order chi connectivity index (χ1) is 16.0. The standard InChI is InChI=1S/C24H27FN8/c1-15(2)33-16(3)29-20-6-4-17(12-21(20)33)23-19(25)14-28-24(31-23)30-22-7-5-18(13-27-22)32-10-8-26-9-11-32/h4-7,12-15,26H,8-11H2,1-3H3,(H,27,28,30,31). The normalized spacial score (nSPS) is 14.3. The highest BCUT2D eigenvalue weighted by Crippen LogP contribution is 2.28. The van der Waals surface area contributed by atoms with E-state index in [0.29, 0.717) is 17.3 Å². The lowest BCUT2D eigenvalue weighted by molar-refractivity contribution is 0.589. The number of nitrogens with zero attached hydrogens (tertiary/aromatic N) is 6. The van der Waals surface area contributed by atoms with Gasteiger partial charge in [0.05, 0.1) is 29.1 Å². The summed E-state index contributed by atoms with van der Waals surface area (Å²) in [5.41, 5.74) is 3.83. The van der Waals surface area contributed by atoms with E-state index in [1.165, 1.54) is 6.20 Å². The number of piperazine rings is 1. The van der Waals surface area contributed by atoms with E-state index in [1.807, 2.05) is 43.5 Å². The second-order valence-corrected chi connectivity index (χ2v) is 8.48. The first-order valence-corrected chi connectivity index (χ1v) is 11.2. The Morgan fingerprint density at radius 1 is 1.03 bits per heavy atom. The molecule has 4 aromatic rings. The van der Waals surface area contributed by atoms with E-state index in [2.05, 4.69) is 53.9 Å². The largest absolute Gasteiger partial charge is 0.368 e. The van der Waals surface area contributed by atoms with Crippen LogP contribution in [0.3, 0.4) is 0 Å². The lowest BCUT2D eigenvalue weighted by Gasteiger charge is -2.29. The maximum Gasteiger partial charge on any atom is 0.229 e. The summed E-state index contributed by atoms with van der Waals surface area (Å²) in [6.07, 6.45) is 3.02. The Morgan fingerprint density at radius 3 is 2.58 bits per heavy atom. The van der Waals surface area contributed by atoms with Gasteiger partial charge in [0.15, 0.2) is 5.82 Å². The van der Waals surface area contributed by atoms with Crippen LogP contribution in [0.1, 0.15) is 25.7 Å². The number of halogens is 1. The molecule has 33 heavy (non-hydrogen) atoms. The number of hydrogen-bond donors (Lipinski definition) is 2. The van der Waals surface area contributed by atoms with E-state index in [9.17, 15) is 4.39 Å². The van der Waals surface area contributed by atoms with Crippen LogP contribution < -0.4 is 15.5 Å². The molecule has 0 atom stereocenters. The van der Waals surface area contributed by atoms with Crippen molar-refractivity contribution >= 4 is 28.5 Å². The third kappa shape index (κ3) is 4.23. The number of hydrogen-bond acceptors (Lipinski definition) is 7. The van der Waals surface area contributed by atoms with Gasteiger partial charge < -0.3 is 20.1 Å². The van der Waals surface area contributed by atoms with Gasteiger partial charge >= 0.3 is 0 Å². The van der Waals surface area contributed by atoms with Gasteiger partial charge in [-0.15, -0.1) is 0 Å². The van der Waals surface area contributed by atoms with Crippen molar-refractivity contribution in [3.8, 4) is 11.3 Å². The lowest BCUT2D eigenvalue weighted by atomic mass is 10.1. The number of pyridine rings is 1. The van der Waals surface area contributed by atoms with Crippen molar-refractivity contribution in [3.63, 3.8) is 0 Å². The number of benzene rings is 1. The van der Waals surface area contributed by atoms with Crippen molar-refractivity contribution in [2.75, 3.05) is 36.4 Å². The summed E-state index contributed by atoms with van der Waals surface area (Å²) in [4.78, 5) is 20.0. The van der Waals surface area contributed by atoms with Gasteiger partial charge in [0.2, 0.25) is 5.95 Å². The first-order valence-electron chi connectivity index (χ1n) is 11.2. The molecule has 4 heterocycles. The first kappa shape index (κ1) is 21.3. The smallest absolute Gasteiger partial charge is 0.229 e. The Hall–Kier alpha value is -3.59. The summed E-state index contributed by atoms with van der Waals surface area (Å²) in [6, 6.07) is 9.84. The minimum atomic E-state index is -0.478. The van der Waals surface area contributed by atoms with Gasteiger partial charge in [-0.1, -0.05) is 6.07 Å². The molecule has 1 aromatic carbocycles. The Morgan fingerprint density at radius 2 is 1.85 bits per heavy atom. The molecule has 0 radical (unpaired) electrons.